The van der Waals surface area contributed by atoms with E-state index in [0.717, 1.165) is 11.0 Å². The second kappa shape index (κ2) is 6.06. The number of hydrogen-bond donors (Lipinski definition) is 2. The first kappa shape index (κ1) is 14.4. The van der Waals surface area contributed by atoms with E-state index in [0.29, 0.717) is 21.6 Å². The second-order valence-electron chi connectivity index (χ2n) is 4.41. The molecule has 0 saturated heterocycles. The highest BCUT2D eigenvalue weighted by atomic mass is 35.5. The number of hydrogen-bond acceptors (Lipinski definition) is 4. The van der Waals surface area contributed by atoms with Crippen LogP contribution in [0, 0.1) is 11.3 Å². The Morgan fingerprint density at radius 1 is 1.23 bits per heavy atom. The molecule has 0 unspecified atom stereocenters. The van der Waals surface area contributed by atoms with Crippen LogP contribution in [-0.4, -0.2) is 15.7 Å². The molecule has 0 fully saturated rings. The van der Waals surface area contributed by atoms with Crippen LogP contribution in [0.1, 0.15) is 5.82 Å². The summed E-state index contributed by atoms with van der Waals surface area (Å²) in [5.41, 5.74) is 4.97. The molecule has 0 aliphatic heterocycles. The van der Waals surface area contributed by atoms with Crippen LogP contribution >= 0.6 is 23.2 Å². The number of nitriles is 1. The highest BCUT2D eigenvalue weighted by molar-refractivity contribution is 6.35. The van der Waals surface area contributed by atoms with Crippen molar-refractivity contribution in [3.8, 4) is 6.07 Å². The Hall–Kier alpha value is -2.55. The summed E-state index contributed by atoms with van der Waals surface area (Å²) in [6, 6.07) is 14.4. The Kier molecular flexibility index (Phi) is 3.96. The topological polar surface area (TPSA) is 76.9 Å². The van der Waals surface area contributed by atoms with Gasteiger partial charge in [0.05, 0.1) is 21.7 Å². The molecule has 0 saturated carbocycles. The molecule has 0 amide bonds. The third-order valence-corrected chi connectivity index (χ3v) is 3.50. The number of aromatic nitrogens is 2. The van der Waals surface area contributed by atoms with E-state index in [1.165, 1.54) is 0 Å². The number of rotatable bonds is 3. The first-order valence-electron chi connectivity index (χ1n) is 6.31. The van der Waals surface area contributed by atoms with E-state index in [1.54, 1.807) is 18.2 Å². The van der Waals surface area contributed by atoms with E-state index in [9.17, 15) is 5.26 Å². The molecule has 2 aromatic carbocycles. The van der Waals surface area contributed by atoms with Gasteiger partial charge in [-0.1, -0.05) is 35.3 Å². The summed E-state index contributed by atoms with van der Waals surface area (Å²) in [5, 5.41) is 14.3. The number of hydrazone groups is 1. The molecule has 5 nitrogen and oxygen atoms in total. The van der Waals surface area contributed by atoms with Crippen molar-refractivity contribution in [1.29, 1.82) is 5.26 Å². The van der Waals surface area contributed by atoms with E-state index in [1.807, 2.05) is 30.3 Å². The summed E-state index contributed by atoms with van der Waals surface area (Å²) in [7, 11) is 0. The quantitative estimate of drug-likeness (QED) is 0.558. The number of anilines is 1. The van der Waals surface area contributed by atoms with Crippen molar-refractivity contribution in [2.24, 2.45) is 5.10 Å². The lowest BCUT2D eigenvalue weighted by molar-refractivity contribution is 1.25. The average Bonchev–Trinajstić information content (AvgIpc) is 2.95. The van der Waals surface area contributed by atoms with Gasteiger partial charge in [-0.25, -0.2) is 4.98 Å². The lowest BCUT2D eigenvalue weighted by Gasteiger charge is -2.03. The van der Waals surface area contributed by atoms with E-state index in [4.69, 9.17) is 23.2 Å². The molecule has 0 aliphatic rings. The number of halogens is 2. The summed E-state index contributed by atoms with van der Waals surface area (Å²) in [4.78, 5) is 7.37. The molecule has 3 rings (SSSR count). The van der Waals surface area contributed by atoms with Crippen molar-refractivity contribution in [2.75, 3.05) is 5.43 Å². The van der Waals surface area contributed by atoms with Gasteiger partial charge in [-0.3, -0.25) is 5.43 Å². The van der Waals surface area contributed by atoms with Gasteiger partial charge in [0.1, 0.15) is 6.07 Å². The lowest BCUT2D eigenvalue weighted by atomic mass is 10.3. The molecule has 0 bridgehead atoms. The minimum Gasteiger partial charge on any atom is -0.336 e. The van der Waals surface area contributed by atoms with Crippen molar-refractivity contribution in [3.63, 3.8) is 0 Å². The van der Waals surface area contributed by atoms with Crippen LogP contribution in [0.25, 0.3) is 11.0 Å². The minimum absolute atomic E-state index is 0.118. The molecule has 0 atom stereocenters. The maximum Gasteiger partial charge on any atom is 0.203 e. The Morgan fingerprint density at radius 2 is 2.05 bits per heavy atom. The zero-order valence-electron chi connectivity index (χ0n) is 11.1. The number of nitrogens with zero attached hydrogens (tertiary/aromatic N) is 3. The SMILES string of the molecule is N#C/C(=N\Nc1cc(Cl)ccc1Cl)c1nc2ccccc2[nH]1. The molecule has 7 heteroatoms. The highest BCUT2D eigenvalue weighted by Gasteiger charge is 2.09. The monoisotopic (exact) mass is 329 g/mol. The van der Waals surface area contributed by atoms with Gasteiger partial charge < -0.3 is 4.98 Å². The summed E-state index contributed by atoms with van der Waals surface area (Å²) in [6.45, 7) is 0. The van der Waals surface area contributed by atoms with Gasteiger partial charge in [0.25, 0.3) is 0 Å². The number of para-hydroxylation sites is 2. The first-order valence-corrected chi connectivity index (χ1v) is 7.07. The van der Waals surface area contributed by atoms with E-state index in [-0.39, 0.29) is 5.71 Å². The Balaban J connectivity index is 1.93. The maximum absolute atomic E-state index is 9.27. The molecule has 0 aliphatic carbocycles. The standard InChI is InChI=1S/C15H9Cl2N5/c16-9-5-6-10(17)13(7-9)21-22-14(8-18)15-19-11-3-1-2-4-12(11)20-15/h1-7,21H,(H,19,20)/b22-14+. The summed E-state index contributed by atoms with van der Waals surface area (Å²) in [5.74, 6) is 0.384. The van der Waals surface area contributed by atoms with Crippen molar-refractivity contribution in [3.05, 3.63) is 58.3 Å². The highest BCUT2D eigenvalue weighted by Crippen LogP contribution is 2.25. The van der Waals surface area contributed by atoms with Gasteiger partial charge in [-0.05, 0) is 30.3 Å². The molecular weight excluding hydrogens is 321 g/mol. The average molecular weight is 330 g/mol. The smallest absolute Gasteiger partial charge is 0.203 e. The fourth-order valence-electron chi connectivity index (χ4n) is 1.90. The van der Waals surface area contributed by atoms with Crippen LogP contribution in [0.4, 0.5) is 5.69 Å². The van der Waals surface area contributed by atoms with E-state index in [2.05, 4.69) is 20.5 Å². The molecule has 0 radical (unpaired) electrons. The van der Waals surface area contributed by atoms with Crippen LogP contribution in [-0.2, 0) is 0 Å². The van der Waals surface area contributed by atoms with Crippen molar-refractivity contribution in [1.82, 2.24) is 9.97 Å². The zero-order valence-corrected chi connectivity index (χ0v) is 12.7. The van der Waals surface area contributed by atoms with E-state index >= 15 is 0 Å². The number of aromatic amines is 1. The minimum atomic E-state index is 0.118. The molecule has 3 aromatic rings. The number of imidazole rings is 1. The lowest BCUT2D eigenvalue weighted by Crippen LogP contribution is -2.04. The predicted octanol–water partition coefficient (Wildman–Crippen LogP) is 4.21. The third-order valence-electron chi connectivity index (χ3n) is 2.94. The van der Waals surface area contributed by atoms with Crippen LogP contribution in [0.15, 0.2) is 47.6 Å². The fraction of sp³-hybridized carbons (Fsp3) is 0. The van der Waals surface area contributed by atoms with E-state index < -0.39 is 0 Å². The fourth-order valence-corrected chi connectivity index (χ4v) is 2.23. The van der Waals surface area contributed by atoms with Crippen LogP contribution in [0.2, 0.25) is 10.0 Å². The van der Waals surface area contributed by atoms with Gasteiger partial charge in [0.2, 0.25) is 5.71 Å². The zero-order chi connectivity index (χ0) is 15.5. The van der Waals surface area contributed by atoms with Gasteiger partial charge >= 0.3 is 0 Å². The molecule has 0 spiro atoms. The van der Waals surface area contributed by atoms with Gasteiger partial charge in [0.15, 0.2) is 5.82 Å². The summed E-state index contributed by atoms with van der Waals surface area (Å²) >= 11 is 11.9. The van der Waals surface area contributed by atoms with Crippen molar-refractivity contribution in [2.45, 2.75) is 0 Å². The summed E-state index contributed by atoms with van der Waals surface area (Å²) in [6.07, 6.45) is 0. The molecule has 2 N–H and O–H groups in total. The number of fused-ring (bicyclic) bond motifs is 1. The van der Waals surface area contributed by atoms with Gasteiger partial charge in [0, 0.05) is 5.02 Å². The number of H-pyrrole nitrogens is 1. The van der Waals surface area contributed by atoms with Gasteiger partial charge in [-0.2, -0.15) is 10.4 Å². The Bertz CT molecular complexity index is 875. The number of benzene rings is 2. The van der Waals surface area contributed by atoms with Crippen molar-refractivity contribution < 1.29 is 0 Å². The van der Waals surface area contributed by atoms with Gasteiger partial charge in [-0.15, -0.1) is 0 Å². The van der Waals surface area contributed by atoms with Crippen LogP contribution in [0.3, 0.4) is 0 Å². The normalized spacial score (nSPS) is 11.4. The second-order valence-corrected chi connectivity index (χ2v) is 5.25. The molecule has 1 heterocycles. The molecule has 22 heavy (non-hydrogen) atoms. The largest absolute Gasteiger partial charge is 0.336 e. The summed E-state index contributed by atoms with van der Waals surface area (Å²) < 4.78 is 0. The van der Waals surface area contributed by atoms with Crippen LogP contribution < -0.4 is 5.43 Å². The molecule has 1 aromatic heterocycles. The third kappa shape index (κ3) is 2.89. The van der Waals surface area contributed by atoms with Crippen molar-refractivity contribution >= 4 is 45.6 Å². The van der Waals surface area contributed by atoms with Crippen LogP contribution in [0.5, 0.6) is 0 Å². The molecule has 108 valence electrons. The predicted molar refractivity (Wildman–Crippen MR) is 88.3 cm³/mol. The first-order chi connectivity index (χ1) is 10.7. The Labute approximate surface area is 136 Å². The number of nitrogens with one attached hydrogen (secondary N) is 2. The molecular formula is C15H9Cl2N5. The Morgan fingerprint density at radius 3 is 2.82 bits per heavy atom. The maximum atomic E-state index is 9.27.